The van der Waals surface area contributed by atoms with Crippen LogP contribution in [0.3, 0.4) is 0 Å². The van der Waals surface area contributed by atoms with Crippen molar-refractivity contribution in [1.82, 2.24) is 0 Å². The molecule has 0 fully saturated rings. The first-order valence-electron chi connectivity index (χ1n) is 30.7. The molecular formula is C62H118O6. The van der Waals surface area contributed by atoms with E-state index in [9.17, 15) is 14.4 Å². The number of carbonyl (C=O) groups excluding carboxylic acids is 3. The van der Waals surface area contributed by atoms with Crippen molar-refractivity contribution in [2.75, 3.05) is 13.2 Å². The fourth-order valence-corrected chi connectivity index (χ4v) is 9.38. The highest BCUT2D eigenvalue weighted by molar-refractivity contribution is 5.71. The maximum Gasteiger partial charge on any atom is 0.306 e. The van der Waals surface area contributed by atoms with E-state index in [0.29, 0.717) is 19.3 Å². The molecule has 0 aromatic heterocycles. The Balaban J connectivity index is 3.95. The lowest BCUT2D eigenvalue weighted by molar-refractivity contribution is -0.167. The number of hydrogen-bond donors (Lipinski definition) is 0. The smallest absolute Gasteiger partial charge is 0.306 e. The number of allylic oxidation sites excluding steroid dienone is 2. The summed E-state index contributed by atoms with van der Waals surface area (Å²) in [5, 5.41) is 0. The molecule has 0 aromatic rings. The van der Waals surface area contributed by atoms with Crippen molar-refractivity contribution >= 4 is 17.9 Å². The maximum atomic E-state index is 12.8. The molecule has 6 heteroatoms. The topological polar surface area (TPSA) is 78.9 Å². The van der Waals surface area contributed by atoms with E-state index in [-0.39, 0.29) is 31.1 Å². The van der Waals surface area contributed by atoms with Crippen molar-refractivity contribution in [2.45, 2.75) is 354 Å². The minimum absolute atomic E-state index is 0.0686. The van der Waals surface area contributed by atoms with Crippen LogP contribution in [0.2, 0.25) is 0 Å². The zero-order valence-electron chi connectivity index (χ0n) is 46.2. The van der Waals surface area contributed by atoms with E-state index in [1.165, 1.54) is 244 Å². The lowest BCUT2D eigenvalue weighted by Crippen LogP contribution is -2.30. The van der Waals surface area contributed by atoms with Crippen LogP contribution in [0.25, 0.3) is 0 Å². The Bertz CT molecular complexity index is 1060. The maximum absolute atomic E-state index is 12.8. The summed E-state index contributed by atoms with van der Waals surface area (Å²) in [6.45, 7) is 6.62. The summed E-state index contributed by atoms with van der Waals surface area (Å²) in [4.78, 5) is 37.9. The van der Waals surface area contributed by atoms with Crippen molar-refractivity contribution in [3.05, 3.63) is 12.2 Å². The van der Waals surface area contributed by atoms with Crippen LogP contribution in [0.1, 0.15) is 348 Å². The average Bonchev–Trinajstić information content (AvgIpc) is 3.34. The van der Waals surface area contributed by atoms with Crippen LogP contribution in [-0.4, -0.2) is 37.2 Å². The zero-order valence-corrected chi connectivity index (χ0v) is 46.2. The lowest BCUT2D eigenvalue weighted by Gasteiger charge is -2.18. The average molecular weight is 960 g/mol. The molecule has 0 aliphatic rings. The van der Waals surface area contributed by atoms with Crippen LogP contribution in [0, 0.1) is 0 Å². The monoisotopic (exact) mass is 959 g/mol. The summed E-state index contributed by atoms with van der Waals surface area (Å²) in [5.74, 6) is -0.866. The second-order valence-corrected chi connectivity index (χ2v) is 21.0. The Kier molecular flexibility index (Phi) is 56.2. The second kappa shape index (κ2) is 57.7. The fourth-order valence-electron chi connectivity index (χ4n) is 9.38. The molecule has 0 rings (SSSR count). The van der Waals surface area contributed by atoms with Crippen LogP contribution >= 0.6 is 0 Å². The highest BCUT2D eigenvalue weighted by Crippen LogP contribution is 2.18. The first-order chi connectivity index (χ1) is 33.5. The Morgan fingerprint density at radius 3 is 0.735 bits per heavy atom. The van der Waals surface area contributed by atoms with Gasteiger partial charge in [-0.25, -0.2) is 0 Å². The van der Waals surface area contributed by atoms with Crippen LogP contribution in [0.15, 0.2) is 12.2 Å². The summed E-state index contributed by atoms with van der Waals surface area (Å²) < 4.78 is 16.8. The third-order valence-corrected chi connectivity index (χ3v) is 14.0. The summed E-state index contributed by atoms with van der Waals surface area (Å²) >= 11 is 0. The van der Waals surface area contributed by atoms with E-state index in [0.717, 1.165) is 64.2 Å². The highest BCUT2D eigenvalue weighted by atomic mass is 16.6. The second-order valence-electron chi connectivity index (χ2n) is 21.0. The lowest BCUT2D eigenvalue weighted by atomic mass is 10.0. The predicted octanol–water partition coefficient (Wildman–Crippen LogP) is 20.5. The number of ether oxygens (including phenoxy) is 3. The van der Waals surface area contributed by atoms with Crippen LogP contribution < -0.4 is 0 Å². The van der Waals surface area contributed by atoms with Gasteiger partial charge in [-0.3, -0.25) is 14.4 Å². The van der Waals surface area contributed by atoms with Gasteiger partial charge in [0.05, 0.1) is 0 Å². The van der Waals surface area contributed by atoms with Gasteiger partial charge in [0, 0.05) is 19.3 Å². The standard InChI is InChI=1S/C62H118O6/c1-4-7-10-13-16-18-20-22-24-25-26-27-28-29-30-31-32-33-34-35-36-37-39-40-42-44-46-49-52-55-61(64)67-58-59(57-66-60(63)54-51-48-15-12-9-6-3)68-62(65)56-53-50-47-45-43-41-38-23-21-19-17-14-11-8-5-2/h23,38,59H,4-22,24-37,39-58H2,1-3H3/b38-23-. The summed E-state index contributed by atoms with van der Waals surface area (Å²) in [7, 11) is 0. The summed E-state index contributed by atoms with van der Waals surface area (Å²) in [6.07, 6.45) is 67.0. The molecule has 0 aliphatic heterocycles. The first-order valence-corrected chi connectivity index (χ1v) is 30.7. The molecule has 6 nitrogen and oxygen atoms in total. The van der Waals surface area contributed by atoms with Gasteiger partial charge in [0.2, 0.25) is 0 Å². The molecular weight excluding hydrogens is 841 g/mol. The van der Waals surface area contributed by atoms with E-state index in [1.54, 1.807) is 0 Å². The molecule has 0 bridgehead atoms. The number of unbranched alkanes of at least 4 members (excludes halogenated alkanes) is 44. The number of rotatable bonds is 57. The van der Waals surface area contributed by atoms with Crippen molar-refractivity contribution in [3.8, 4) is 0 Å². The third kappa shape index (κ3) is 55.1. The molecule has 68 heavy (non-hydrogen) atoms. The van der Waals surface area contributed by atoms with E-state index >= 15 is 0 Å². The SMILES string of the molecule is CCCCCCCC/C=C\CCCCCCCC(=O)OC(COC(=O)CCCCCCCC)COC(=O)CCCCCCCCCCCCCCCCCCCCCCCCCCCCCCC. The number of esters is 3. The minimum atomic E-state index is -0.767. The van der Waals surface area contributed by atoms with Gasteiger partial charge in [0.25, 0.3) is 0 Å². The predicted molar refractivity (Wildman–Crippen MR) is 293 cm³/mol. The molecule has 0 amide bonds. The van der Waals surface area contributed by atoms with Crippen molar-refractivity contribution in [3.63, 3.8) is 0 Å². The molecule has 0 radical (unpaired) electrons. The highest BCUT2D eigenvalue weighted by Gasteiger charge is 2.19. The molecule has 1 unspecified atom stereocenters. The molecule has 0 saturated heterocycles. The minimum Gasteiger partial charge on any atom is -0.462 e. The molecule has 0 spiro atoms. The molecule has 1 atom stereocenters. The third-order valence-electron chi connectivity index (χ3n) is 14.0. The molecule has 0 aliphatic carbocycles. The van der Waals surface area contributed by atoms with E-state index in [2.05, 4.69) is 32.9 Å². The van der Waals surface area contributed by atoms with Crippen LogP contribution in [0.4, 0.5) is 0 Å². The van der Waals surface area contributed by atoms with Crippen molar-refractivity contribution < 1.29 is 28.6 Å². The normalized spacial score (nSPS) is 12.0. The number of carbonyl (C=O) groups is 3. The first kappa shape index (κ1) is 66.2. The van der Waals surface area contributed by atoms with E-state index in [4.69, 9.17) is 14.2 Å². The zero-order chi connectivity index (χ0) is 49.3. The summed E-state index contributed by atoms with van der Waals surface area (Å²) in [5.41, 5.74) is 0. The Morgan fingerprint density at radius 1 is 0.279 bits per heavy atom. The van der Waals surface area contributed by atoms with E-state index in [1.807, 2.05) is 0 Å². The number of hydrogen-bond acceptors (Lipinski definition) is 6. The Labute approximate surface area is 424 Å². The Hall–Kier alpha value is -1.85. The van der Waals surface area contributed by atoms with Gasteiger partial charge >= 0.3 is 17.9 Å². The van der Waals surface area contributed by atoms with Gasteiger partial charge in [0.1, 0.15) is 13.2 Å². The molecule has 402 valence electrons. The molecule has 0 aromatic carbocycles. The largest absolute Gasteiger partial charge is 0.462 e. The summed E-state index contributed by atoms with van der Waals surface area (Å²) in [6, 6.07) is 0. The van der Waals surface area contributed by atoms with Crippen molar-refractivity contribution in [2.24, 2.45) is 0 Å². The van der Waals surface area contributed by atoms with Gasteiger partial charge in [-0.15, -0.1) is 0 Å². The van der Waals surface area contributed by atoms with Crippen LogP contribution in [-0.2, 0) is 28.6 Å². The van der Waals surface area contributed by atoms with Gasteiger partial charge in [0.15, 0.2) is 6.10 Å². The molecule has 0 saturated carbocycles. The van der Waals surface area contributed by atoms with Gasteiger partial charge in [-0.05, 0) is 44.9 Å². The molecule has 0 N–H and O–H groups in total. The van der Waals surface area contributed by atoms with Crippen LogP contribution in [0.5, 0.6) is 0 Å². The van der Waals surface area contributed by atoms with E-state index < -0.39 is 6.10 Å². The quantitative estimate of drug-likeness (QED) is 0.0262. The Morgan fingerprint density at radius 2 is 0.485 bits per heavy atom. The van der Waals surface area contributed by atoms with Crippen molar-refractivity contribution in [1.29, 1.82) is 0 Å². The molecule has 0 heterocycles. The van der Waals surface area contributed by atoms with Gasteiger partial charge < -0.3 is 14.2 Å². The van der Waals surface area contributed by atoms with Gasteiger partial charge in [-0.2, -0.15) is 0 Å². The fraction of sp³-hybridized carbons (Fsp3) is 0.919. The van der Waals surface area contributed by atoms with Gasteiger partial charge in [-0.1, -0.05) is 296 Å².